The minimum atomic E-state index is 1.17. The third-order valence-electron chi connectivity index (χ3n) is 1.30. The molecule has 0 rings (SSSR count). The van der Waals surface area contributed by atoms with Crippen LogP contribution in [0.15, 0.2) is 36.6 Å². The molecule has 0 aromatic carbocycles. The van der Waals surface area contributed by atoms with Gasteiger partial charge in [0.15, 0.2) is 0 Å². The van der Waals surface area contributed by atoms with Crippen molar-refractivity contribution in [3.8, 4) is 0 Å². The van der Waals surface area contributed by atoms with Crippen LogP contribution in [0.2, 0.25) is 0 Å². The molecule has 0 amide bonds. The van der Waals surface area contributed by atoms with E-state index in [1.165, 1.54) is 25.5 Å². The maximum Gasteiger partial charge on any atom is -0.00624 e. The smallest absolute Gasteiger partial charge is 0.00624 e. The van der Waals surface area contributed by atoms with Crippen LogP contribution in [-0.2, 0) is 0 Å². The Bertz CT molecular complexity index is 143. The highest BCUT2D eigenvalue weighted by atomic mass is 14.5. The largest absolute Gasteiger partial charge is 0.405 e. The predicted octanol–water partition coefficient (Wildman–Crippen LogP) is 2.76. The molecular weight excluding hydrogens is 134 g/mol. The van der Waals surface area contributed by atoms with Gasteiger partial charge in [-0.15, -0.1) is 0 Å². The first-order chi connectivity index (χ1) is 5.41. The third kappa shape index (κ3) is 9.02. The summed E-state index contributed by atoms with van der Waals surface area (Å²) in [5.41, 5.74) is 5.14. The topological polar surface area (TPSA) is 26.0 Å². The van der Waals surface area contributed by atoms with Gasteiger partial charge >= 0.3 is 0 Å². The highest BCUT2D eigenvalue weighted by Gasteiger charge is 1.74. The Morgan fingerprint density at radius 1 is 1.09 bits per heavy atom. The second-order valence-corrected chi connectivity index (χ2v) is 2.34. The fourth-order valence-electron chi connectivity index (χ4n) is 0.689. The summed E-state index contributed by atoms with van der Waals surface area (Å²) in [5.74, 6) is 0. The Balaban J connectivity index is 3.28. The molecule has 1 heteroatoms. The molecule has 0 unspecified atom stereocenters. The normalized spacial score (nSPS) is 12.5. The lowest BCUT2D eigenvalue weighted by atomic mass is 10.2. The van der Waals surface area contributed by atoms with E-state index in [0.29, 0.717) is 0 Å². The van der Waals surface area contributed by atoms with Crippen molar-refractivity contribution in [1.29, 1.82) is 0 Å². The van der Waals surface area contributed by atoms with E-state index in [-0.39, 0.29) is 0 Å². The zero-order valence-electron chi connectivity index (χ0n) is 7.16. The molecule has 0 radical (unpaired) electrons. The standard InChI is InChI=1S/C10H17N/c1-2-3-4-5-6-7-8-9-10-11/h5-10H,2-4,11H2,1H3. The van der Waals surface area contributed by atoms with Crippen molar-refractivity contribution >= 4 is 0 Å². The van der Waals surface area contributed by atoms with E-state index < -0.39 is 0 Å². The van der Waals surface area contributed by atoms with Crippen molar-refractivity contribution in [2.75, 3.05) is 0 Å². The van der Waals surface area contributed by atoms with Crippen molar-refractivity contribution in [2.45, 2.75) is 26.2 Å². The van der Waals surface area contributed by atoms with Gasteiger partial charge in [-0.3, -0.25) is 0 Å². The molecule has 0 heterocycles. The summed E-state index contributed by atoms with van der Waals surface area (Å²) in [6.07, 6.45) is 15.2. The average Bonchev–Trinajstić information content (AvgIpc) is 2.03. The van der Waals surface area contributed by atoms with Crippen LogP contribution in [0.5, 0.6) is 0 Å². The molecule has 0 aliphatic heterocycles. The number of allylic oxidation sites excluding steroid dienone is 5. The second kappa shape index (κ2) is 9.02. The maximum absolute atomic E-state index is 5.14. The lowest BCUT2D eigenvalue weighted by molar-refractivity contribution is 0.815. The molecule has 0 saturated heterocycles. The molecule has 11 heavy (non-hydrogen) atoms. The van der Waals surface area contributed by atoms with Crippen molar-refractivity contribution in [3.05, 3.63) is 36.6 Å². The summed E-state index contributed by atoms with van der Waals surface area (Å²) in [5, 5.41) is 0. The van der Waals surface area contributed by atoms with Gasteiger partial charge in [0.05, 0.1) is 0 Å². The van der Waals surface area contributed by atoms with Gasteiger partial charge in [-0.05, 0) is 18.7 Å². The Hall–Kier alpha value is -0.980. The molecule has 0 aliphatic rings. The molecule has 0 aromatic heterocycles. The number of nitrogens with two attached hydrogens (primary N) is 1. The van der Waals surface area contributed by atoms with Crippen molar-refractivity contribution in [3.63, 3.8) is 0 Å². The summed E-state index contributed by atoms with van der Waals surface area (Å²) < 4.78 is 0. The maximum atomic E-state index is 5.14. The molecule has 0 fully saturated rings. The SMILES string of the molecule is CCCCC=CC=CC=CN. The molecule has 1 nitrogen and oxygen atoms in total. The van der Waals surface area contributed by atoms with Gasteiger partial charge in [0.25, 0.3) is 0 Å². The van der Waals surface area contributed by atoms with Gasteiger partial charge in [0.1, 0.15) is 0 Å². The first kappa shape index (κ1) is 10.0. The first-order valence-corrected chi connectivity index (χ1v) is 4.12. The van der Waals surface area contributed by atoms with Crippen LogP contribution >= 0.6 is 0 Å². The van der Waals surface area contributed by atoms with E-state index in [1.54, 1.807) is 0 Å². The molecule has 0 spiro atoms. The zero-order valence-corrected chi connectivity index (χ0v) is 7.16. The average molecular weight is 151 g/mol. The summed E-state index contributed by atoms with van der Waals surface area (Å²) >= 11 is 0. The quantitative estimate of drug-likeness (QED) is 0.474. The van der Waals surface area contributed by atoms with E-state index >= 15 is 0 Å². The first-order valence-electron chi connectivity index (χ1n) is 4.12. The van der Waals surface area contributed by atoms with E-state index in [0.717, 1.165) is 0 Å². The van der Waals surface area contributed by atoms with Crippen LogP contribution in [0.3, 0.4) is 0 Å². The zero-order chi connectivity index (χ0) is 8.36. The van der Waals surface area contributed by atoms with E-state index in [2.05, 4.69) is 19.1 Å². The van der Waals surface area contributed by atoms with Crippen LogP contribution in [0.4, 0.5) is 0 Å². The van der Waals surface area contributed by atoms with Crippen molar-refractivity contribution < 1.29 is 0 Å². The number of hydrogen-bond donors (Lipinski definition) is 1. The Morgan fingerprint density at radius 3 is 2.45 bits per heavy atom. The Labute approximate surface area is 69.3 Å². The number of unbranched alkanes of at least 4 members (excludes halogenated alkanes) is 2. The molecular formula is C10H17N. The van der Waals surface area contributed by atoms with Crippen molar-refractivity contribution in [2.24, 2.45) is 5.73 Å². The molecule has 0 bridgehead atoms. The summed E-state index contributed by atoms with van der Waals surface area (Å²) in [6, 6.07) is 0. The van der Waals surface area contributed by atoms with Gasteiger partial charge in [-0.2, -0.15) is 0 Å². The molecule has 0 aliphatic carbocycles. The van der Waals surface area contributed by atoms with E-state index in [1.807, 2.05) is 18.2 Å². The third-order valence-corrected chi connectivity index (χ3v) is 1.30. The minimum Gasteiger partial charge on any atom is -0.405 e. The highest BCUT2D eigenvalue weighted by molar-refractivity contribution is 5.10. The highest BCUT2D eigenvalue weighted by Crippen LogP contribution is 1.94. The Kier molecular flexibility index (Phi) is 8.22. The van der Waals surface area contributed by atoms with Crippen LogP contribution in [0, 0.1) is 0 Å². The molecule has 2 N–H and O–H groups in total. The van der Waals surface area contributed by atoms with Gasteiger partial charge in [-0.1, -0.05) is 44.1 Å². The van der Waals surface area contributed by atoms with Crippen LogP contribution in [0.1, 0.15) is 26.2 Å². The number of rotatable bonds is 5. The van der Waals surface area contributed by atoms with Gasteiger partial charge in [0.2, 0.25) is 0 Å². The summed E-state index contributed by atoms with van der Waals surface area (Å²) in [6.45, 7) is 2.20. The van der Waals surface area contributed by atoms with Crippen LogP contribution < -0.4 is 5.73 Å². The lowest BCUT2D eigenvalue weighted by Gasteiger charge is -1.84. The minimum absolute atomic E-state index is 1.17. The van der Waals surface area contributed by atoms with Gasteiger partial charge in [-0.25, -0.2) is 0 Å². The fourth-order valence-corrected chi connectivity index (χ4v) is 0.689. The van der Waals surface area contributed by atoms with Crippen LogP contribution in [0.25, 0.3) is 0 Å². The summed E-state index contributed by atoms with van der Waals surface area (Å²) in [4.78, 5) is 0. The second-order valence-electron chi connectivity index (χ2n) is 2.34. The number of hydrogen-bond acceptors (Lipinski definition) is 1. The monoisotopic (exact) mass is 151 g/mol. The lowest BCUT2D eigenvalue weighted by Crippen LogP contribution is -1.71. The summed E-state index contributed by atoms with van der Waals surface area (Å²) in [7, 11) is 0. The van der Waals surface area contributed by atoms with Gasteiger partial charge in [0, 0.05) is 0 Å². The molecule has 0 atom stereocenters. The van der Waals surface area contributed by atoms with Gasteiger partial charge < -0.3 is 5.73 Å². The van der Waals surface area contributed by atoms with E-state index in [9.17, 15) is 0 Å². The van der Waals surface area contributed by atoms with Crippen molar-refractivity contribution in [1.82, 2.24) is 0 Å². The molecule has 0 aromatic rings. The predicted molar refractivity (Wildman–Crippen MR) is 51.1 cm³/mol. The Morgan fingerprint density at radius 2 is 1.82 bits per heavy atom. The molecule has 0 saturated carbocycles. The fraction of sp³-hybridized carbons (Fsp3) is 0.400. The molecule has 62 valence electrons. The van der Waals surface area contributed by atoms with Crippen LogP contribution in [-0.4, -0.2) is 0 Å². The van der Waals surface area contributed by atoms with E-state index in [4.69, 9.17) is 5.73 Å².